The lowest BCUT2D eigenvalue weighted by molar-refractivity contribution is -0.135. The Labute approximate surface area is 146 Å². The fourth-order valence-corrected chi connectivity index (χ4v) is 3.41. The summed E-state index contributed by atoms with van der Waals surface area (Å²) < 4.78 is 10.9. The third kappa shape index (κ3) is 3.95. The first-order valence-corrected chi connectivity index (χ1v) is 8.83. The van der Waals surface area contributed by atoms with Crippen LogP contribution in [0.3, 0.4) is 0 Å². The van der Waals surface area contributed by atoms with E-state index in [2.05, 4.69) is 4.90 Å². The van der Waals surface area contributed by atoms with Gasteiger partial charge in [0.05, 0.1) is 20.3 Å². The highest BCUT2D eigenvalue weighted by Crippen LogP contribution is 2.24. The smallest absolute Gasteiger partial charge is 0.257 e. The second-order valence-electron chi connectivity index (χ2n) is 5.82. The normalized spacial score (nSPS) is 18.3. The SMILES string of the molecule is COc1ccc(N(Cc2cccs2)C(=O)C2CN(C)CCO2)cc1. The van der Waals surface area contributed by atoms with Crippen molar-refractivity contribution in [1.29, 1.82) is 0 Å². The van der Waals surface area contributed by atoms with Gasteiger partial charge in [0.1, 0.15) is 11.9 Å². The van der Waals surface area contributed by atoms with E-state index in [1.165, 1.54) is 0 Å². The molecular weight excluding hydrogens is 324 g/mol. The van der Waals surface area contributed by atoms with E-state index in [0.29, 0.717) is 19.7 Å². The molecule has 1 unspecified atom stereocenters. The Morgan fingerprint density at radius 2 is 2.17 bits per heavy atom. The van der Waals surface area contributed by atoms with Crippen molar-refractivity contribution in [2.24, 2.45) is 0 Å². The van der Waals surface area contributed by atoms with Crippen LogP contribution < -0.4 is 9.64 Å². The van der Waals surface area contributed by atoms with Crippen LogP contribution in [0.5, 0.6) is 5.75 Å². The van der Waals surface area contributed by atoms with Crippen molar-refractivity contribution in [2.45, 2.75) is 12.6 Å². The molecule has 0 bridgehead atoms. The summed E-state index contributed by atoms with van der Waals surface area (Å²) in [5.74, 6) is 0.774. The zero-order chi connectivity index (χ0) is 16.9. The summed E-state index contributed by atoms with van der Waals surface area (Å²) in [4.78, 5) is 18.1. The van der Waals surface area contributed by atoms with Crippen molar-refractivity contribution in [3.8, 4) is 5.75 Å². The van der Waals surface area contributed by atoms with Crippen LogP contribution in [0.1, 0.15) is 4.88 Å². The van der Waals surface area contributed by atoms with Crippen LogP contribution in [0.15, 0.2) is 41.8 Å². The lowest BCUT2D eigenvalue weighted by Crippen LogP contribution is -2.49. The predicted octanol–water partition coefficient (Wildman–Crippen LogP) is 2.62. The van der Waals surface area contributed by atoms with Crippen LogP contribution in [-0.4, -0.2) is 50.8 Å². The van der Waals surface area contributed by atoms with Gasteiger partial charge in [0.15, 0.2) is 0 Å². The number of thiophene rings is 1. The molecule has 1 fully saturated rings. The van der Waals surface area contributed by atoms with E-state index in [1.807, 2.05) is 48.8 Å². The first-order chi connectivity index (χ1) is 11.7. The second-order valence-corrected chi connectivity index (χ2v) is 6.86. The van der Waals surface area contributed by atoms with Crippen LogP contribution in [0, 0.1) is 0 Å². The summed E-state index contributed by atoms with van der Waals surface area (Å²) in [6.45, 7) is 2.61. The zero-order valence-electron chi connectivity index (χ0n) is 14.0. The minimum absolute atomic E-state index is 0.000108. The molecule has 24 heavy (non-hydrogen) atoms. The Bertz CT molecular complexity index is 657. The van der Waals surface area contributed by atoms with Crippen molar-refractivity contribution >= 4 is 22.9 Å². The van der Waals surface area contributed by atoms with Crippen LogP contribution in [-0.2, 0) is 16.1 Å². The van der Waals surface area contributed by atoms with E-state index in [0.717, 1.165) is 22.9 Å². The van der Waals surface area contributed by atoms with Crippen molar-refractivity contribution in [3.05, 3.63) is 46.7 Å². The number of likely N-dealkylation sites (N-methyl/N-ethyl adjacent to an activating group) is 1. The molecule has 0 saturated carbocycles. The number of nitrogens with zero attached hydrogens (tertiary/aromatic N) is 2. The summed E-state index contributed by atoms with van der Waals surface area (Å²) in [6.07, 6.45) is -0.425. The number of ether oxygens (including phenoxy) is 2. The minimum Gasteiger partial charge on any atom is -0.497 e. The number of carbonyl (C=O) groups is 1. The van der Waals surface area contributed by atoms with Crippen molar-refractivity contribution in [2.75, 3.05) is 38.8 Å². The summed E-state index contributed by atoms with van der Waals surface area (Å²) in [5.41, 5.74) is 0.853. The molecule has 1 atom stereocenters. The largest absolute Gasteiger partial charge is 0.497 e. The maximum atomic E-state index is 13.1. The first kappa shape index (κ1) is 17.0. The van der Waals surface area contributed by atoms with E-state index in [1.54, 1.807) is 23.3 Å². The van der Waals surface area contributed by atoms with E-state index < -0.39 is 6.10 Å². The fraction of sp³-hybridized carbons (Fsp3) is 0.389. The van der Waals surface area contributed by atoms with Crippen LogP contribution in [0.25, 0.3) is 0 Å². The van der Waals surface area contributed by atoms with E-state index in [4.69, 9.17) is 9.47 Å². The van der Waals surface area contributed by atoms with Crippen LogP contribution >= 0.6 is 11.3 Å². The van der Waals surface area contributed by atoms with E-state index in [9.17, 15) is 4.79 Å². The maximum Gasteiger partial charge on any atom is 0.257 e. The number of methoxy groups -OCH3 is 1. The highest BCUT2D eigenvalue weighted by Gasteiger charge is 2.30. The molecule has 128 valence electrons. The number of morpholine rings is 1. The van der Waals surface area contributed by atoms with Gasteiger partial charge >= 0.3 is 0 Å². The Hall–Kier alpha value is -1.89. The lowest BCUT2D eigenvalue weighted by Gasteiger charge is -2.33. The molecule has 1 aromatic carbocycles. The van der Waals surface area contributed by atoms with Gasteiger partial charge in [0, 0.05) is 23.7 Å². The number of anilines is 1. The number of rotatable bonds is 5. The van der Waals surface area contributed by atoms with Crippen molar-refractivity contribution in [3.63, 3.8) is 0 Å². The summed E-state index contributed by atoms with van der Waals surface area (Å²) >= 11 is 1.65. The Balaban J connectivity index is 1.84. The van der Waals surface area contributed by atoms with Gasteiger partial charge in [-0.15, -0.1) is 11.3 Å². The third-order valence-corrected chi connectivity index (χ3v) is 4.95. The highest BCUT2D eigenvalue weighted by atomic mass is 32.1. The molecule has 3 rings (SSSR count). The second kappa shape index (κ2) is 7.79. The number of benzene rings is 1. The number of hydrogen-bond donors (Lipinski definition) is 0. The predicted molar refractivity (Wildman–Crippen MR) is 95.7 cm³/mol. The maximum absolute atomic E-state index is 13.1. The summed E-state index contributed by atoms with van der Waals surface area (Å²) in [5, 5.41) is 2.02. The molecule has 0 aliphatic carbocycles. The molecule has 0 spiro atoms. The molecule has 5 nitrogen and oxygen atoms in total. The average Bonchev–Trinajstić information content (AvgIpc) is 3.12. The standard InChI is InChI=1S/C18H22N2O3S/c1-19-9-10-23-17(13-19)18(21)20(12-16-4-3-11-24-16)14-5-7-15(22-2)8-6-14/h3-8,11,17H,9-10,12-13H2,1-2H3. The van der Waals surface area contributed by atoms with Gasteiger partial charge in [-0.25, -0.2) is 0 Å². The fourth-order valence-electron chi connectivity index (χ4n) is 2.72. The van der Waals surface area contributed by atoms with E-state index in [-0.39, 0.29) is 5.91 Å². The molecule has 0 N–H and O–H groups in total. The summed E-state index contributed by atoms with van der Waals surface area (Å²) in [7, 11) is 3.65. The minimum atomic E-state index is -0.425. The van der Waals surface area contributed by atoms with E-state index >= 15 is 0 Å². The Morgan fingerprint density at radius 3 is 2.79 bits per heavy atom. The molecule has 1 amide bonds. The molecule has 0 radical (unpaired) electrons. The topological polar surface area (TPSA) is 42.0 Å². The molecule has 2 aromatic rings. The van der Waals surface area contributed by atoms with Crippen molar-refractivity contribution in [1.82, 2.24) is 4.90 Å². The highest BCUT2D eigenvalue weighted by molar-refractivity contribution is 7.09. The average molecular weight is 346 g/mol. The molecule has 2 heterocycles. The van der Waals surface area contributed by atoms with Gasteiger partial charge in [-0.05, 0) is 42.8 Å². The monoisotopic (exact) mass is 346 g/mol. The molecular formula is C18H22N2O3S. The van der Waals surface area contributed by atoms with Crippen LogP contribution in [0.4, 0.5) is 5.69 Å². The van der Waals surface area contributed by atoms with Gasteiger partial charge in [0.2, 0.25) is 0 Å². The summed E-state index contributed by atoms with van der Waals surface area (Å²) in [6, 6.07) is 11.6. The molecule has 1 aromatic heterocycles. The Morgan fingerprint density at radius 1 is 1.38 bits per heavy atom. The molecule has 6 heteroatoms. The zero-order valence-corrected chi connectivity index (χ0v) is 14.8. The molecule has 1 saturated heterocycles. The Kier molecular flexibility index (Phi) is 5.50. The molecule has 1 aliphatic heterocycles. The van der Waals surface area contributed by atoms with Crippen molar-refractivity contribution < 1.29 is 14.3 Å². The number of hydrogen-bond acceptors (Lipinski definition) is 5. The third-order valence-electron chi connectivity index (χ3n) is 4.09. The van der Waals surface area contributed by atoms with Gasteiger partial charge in [0.25, 0.3) is 5.91 Å². The first-order valence-electron chi connectivity index (χ1n) is 7.95. The molecule has 1 aliphatic rings. The van der Waals surface area contributed by atoms with Gasteiger partial charge in [-0.1, -0.05) is 6.07 Å². The van der Waals surface area contributed by atoms with Crippen LogP contribution in [0.2, 0.25) is 0 Å². The number of carbonyl (C=O) groups excluding carboxylic acids is 1. The van der Waals surface area contributed by atoms with Gasteiger partial charge in [-0.3, -0.25) is 4.79 Å². The van der Waals surface area contributed by atoms with Gasteiger partial charge in [-0.2, -0.15) is 0 Å². The number of amides is 1. The quantitative estimate of drug-likeness (QED) is 0.835. The lowest BCUT2D eigenvalue weighted by atomic mass is 10.2. The van der Waals surface area contributed by atoms with Gasteiger partial charge < -0.3 is 19.3 Å².